The Morgan fingerprint density at radius 2 is 1.22 bits per heavy atom. The Bertz CT molecular complexity index is 2010. The predicted molar refractivity (Wildman–Crippen MR) is 153 cm³/mol. The highest BCUT2D eigenvalue weighted by Gasteiger charge is 2.36. The van der Waals surface area contributed by atoms with Gasteiger partial charge in [0.1, 0.15) is 0 Å². The summed E-state index contributed by atoms with van der Waals surface area (Å²) >= 11 is 0. The highest BCUT2D eigenvalue weighted by atomic mass is 15.0. The molecule has 8 rings (SSSR count). The number of fused-ring (bicyclic) bond motifs is 10. The van der Waals surface area contributed by atoms with Crippen molar-refractivity contribution in [3.63, 3.8) is 0 Å². The molecule has 0 unspecified atom stereocenters. The van der Waals surface area contributed by atoms with Crippen molar-refractivity contribution in [1.82, 2.24) is 4.57 Å². The minimum atomic E-state index is 0.00598. The van der Waals surface area contributed by atoms with E-state index in [2.05, 4.69) is 134 Å². The Morgan fingerprint density at radius 1 is 0.500 bits per heavy atom. The molecule has 6 aromatic carbocycles. The molecule has 1 aliphatic carbocycles. The van der Waals surface area contributed by atoms with Gasteiger partial charge in [-0.3, -0.25) is 0 Å². The molecular formula is C35H25N. The molecule has 0 saturated carbocycles. The summed E-state index contributed by atoms with van der Waals surface area (Å²) in [5, 5.41) is 7.84. The SMILES string of the molecule is CC1(C)c2ccccc2-c2c1ccc1c2ccc2c1c1ccccc1n2-c1cccc2ccccc12. The summed E-state index contributed by atoms with van der Waals surface area (Å²) in [6.45, 7) is 4.71. The zero-order chi connectivity index (χ0) is 24.0. The van der Waals surface area contributed by atoms with Crippen molar-refractivity contribution < 1.29 is 0 Å². The second-order valence-electron chi connectivity index (χ2n) is 10.6. The number of aromatic nitrogens is 1. The lowest BCUT2D eigenvalue weighted by Crippen LogP contribution is -2.14. The number of rotatable bonds is 1. The van der Waals surface area contributed by atoms with Gasteiger partial charge >= 0.3 is 0 Å². The van der Waals surface area contributed by atoms with Crippen molar-refractivity contribution in [3.05, 3.63) is 126 Å². The summed E-state index contributed by atoms with van der Waals surface area (Å²) in [5.74, 6) is 0. The Balaban J connectivity index is 1.55. The van der Waals surface area contributed by atoms with Gasteiger partial charge in [0.05, 0.1) is 16.7 Å². The van der Waals surface area contributed by atoms with Crippen LogP contribution in [0.3, 0.4) is 0 Å². The van der Waals surface area contributed by atoms with Crippen molar-refractivity contribution >= 4 is 43.4 Å². The first-order valence-electron chi connectivity index (χ1n) is 12.7. The molecule has 0 atom stereocenters. The van der Waals surface area contributed by atoms with Crippen LogP contribution < -0.4 is 0 Å². The third-order valence-corrected chi connectivity index (χ3v) is 8.38. The summed E-state index contributed by atoms with van der Waals surface area (Å²) in [6.07, 6.45) is 0. The van der Waals surface area contributed by atoms with E-state index in [4.69, 9.17) is 0 Å². The quantitative estimate of drug-likeness (QED) is 0.230. The van der Waals surface area contributed by atoms with Gasteiger partial charge in [0.25, 0.3) is 0 Å². The van der Waals surface area contributed by atoms with Crippen LogP contribution in [0.1, 0.15) is 25.0 Å². The van der Waals surface area contributed by atoms with Crippen LogP contribution in [0.2, 0.25) is 0 Å². The predicted octanol–water partition coefficient (Wildman–Crippen LogP) is 9.40. The van der Waals surface area contributed by atoms with E-state index in [1.807, 2.05) is 0 Å². The maximum absolute atomic E-state index is 2.46. The average molecular weight is 460 g/mol. The second kappa shape index (κ2) is 6.86. The molecule has 0 N–H and O–H groups in total. The van der Waals surface area contributed by atoms with Crippen molar-refractivity contribution in [2.45, 2.75) is 19.3 Å². The van der Waals surface area contributed by atoms with Crippen molar-refractivity contribution in [1.29, 1.82) is 0 Å². The van der Waals surface area contributed by atoms with Crippen LogP contribution in [0.5, 0.6) is 0 Å². The van der Waals surface area contributed by atoms with E-state index in [0.29, 0.717) is 0 Å². The number of nitrogens with zero attached hydrogens (tertiary/aromatic N) is 1. The third kappa shape index (κ3) is 2.40. The standard InChI is InChI=1S/C35H25N/c1-35(2)28-15-7-5-13-26(28)33-24-19-21-32-34(25(24)18-20-29(33)35)27-14-6-8-16-31(27)36(32)30-17-9-11-22-10-3-4-12-23(22)30/h3-21H,1-2H3. The van der Waals surface area contributed by atoms with Gasteiger partial charge in [-0.15, -0.1) is 0 Å². The molecular weight excluding hydrogens is 434 g/mol. The lowest BCUT2D eigenvalue weighted by Gasteiger charge is -2.21. The van der Waals surface area contributed by atoms with E-state index >= 15 is 0 Å². The van der Waals surface area contributed by atoms with E-state index in [9.17, 15) is 0 Å². The topological polar surface area (TPSA) is 4.93 Å². The molecule has 1 heteroatoms. The van der Waals surface area contributed by atoms with Crippen LogP contribution in [0.4, 0.5) is 0 Å². The molecule has 7 aromatic rings. The summed E-state index contributed by atoms with van der Waals surface area (Å²) in [5.41, 5.74) is 9.36. The smallest absolute Gasteiger partial charge is 0.0547 e. The van der Waals surface area contributed by atoms with E-state index in [1.54, 1.807) is 0 Å². The van der Waals surface area contributed by atoms with Crippen LogP contribution >= 0.6 is 0 Å². The molecule has 0 aliphatic heterocycles. The molecule has 0 amide bonds. The highest BCUT2D eigenvalue weighted by Crippen LogP contribution is 2.52. The Labute approximate surface area is 210 Å². The Hall–Kier alpha value is -4.36. The minimum absolute atomic E-state index is 0.00598. The number of para-hydroxylation sites is 1. The lowest BCUT2D eigenvalue weighted by molar-refractivity contribution is 0.661. The third-order valence-electron chi connectivity index (χ3n) is 8.38. The van der Waals surface area contributed by atoms with E-state index in [0.717, 1.165) is 0 Å². The highest BCUT2D eigenvalue weighted by molar-refractivity contribution is 6.24. The van der Waals surface area contributed by atoms with E-state index in [1.165, 1.54) is 71.3 Å². The fourth-order valence-electron chi connectivity index (χ4n) is 6.74. The Kier molecular flexibility index (Phi) is 3.79. The fourth-order valence-corrected chi connectivity index (χ4v) is 6.74. The summed E-state index contributed by atoms with van der Waals surface area (Å²) in [7, 11) is 0. The van der Waals surface area contributed by atoms with Gasteiger partial charge in [0, 0.05) is 21.6 Å². The molecule has 0 radical (unpaired) electrons. The largest absolute Gasteiger partial charge is 0.309 e. The van der Waals surface area contributed by atoms with Gasteiger partial charge in [-0.05, 0) is 56.6 Å². The van der Waals surface area contributed by atoms with Gasteiger partial charge < -0.3 is 4.57 Å². The monoisotopic (exact) mass is 459 g/mol. The molecule has 1 aromatic heterocycles. The van der Waals surface area contributed by atoms with Crippen LogP contribution in [0.15, 0.2) is 115 Å². The van der Waals surface area contributed by atoms with Crippen LogP contribution in [0.25, 0.3) is 60.2 Å². The van der Waals surface area contributed by atoms with Crippen LogP contribution in [-0.4, -0.2) is 4.57 Å². The lowest BCUT2D eigenvalue weighted by atomic mass is 9.82. The van der Waals surface area contributed by atoms with Gasteiger partial charge in [-0.1, -0.05) is 111 Å². The van der Waals surface area contributed by atoms with Crippen LogP contribution in [0, 0.1) is 0 Å². The van der Waals surface area contributed by atoms with Crippen molar-refractivity contribution in [3.8, 4) is 16.8 Å². The minimum Gasteiger partial charge on any atom is -0.309 e. The van der Waals surface area contributed by atoms with E-state index < -0.39 is 0 Å². The molecule has 0 saturated heterocycles. The van der Waals surface area contributed by atoms with Crippen molar-refractivity contribution in [2.75, 3.05) is 0 Å². The zero-order valence-corrected chi connectivity index (χ0v) is 20.4. The molecule has 1 heterocycles. The molecule has 170 valence electrons. The summed E-state index contributed by atoms with van der Waals surface area (Å²) in [6, 6.07) is 42.5. The molecule has 0 fully saturated rings. The molecule has 36 heavy (non-hydrogen) atoms. The molecule has 1 aliphatic rings. The number of hydrogen-bond acceptors (Lipinski definition) is 0. The molecule has 1 nitrogen and oxygen atoms in total. The van der Waals surface area contributed by atoms with Gasteiger partial charge in [0.15, 0.2) is 0 Å². The molecule has 0 bridgehead atoms. The second-order valence-corrected chi connectivity index (χ2v) is 10.6. The maximum atomic E-state index is 2.46. The summed E-state index contributed by atoms with van der Waals surface area (Å²) in [4.78, 5) is 0. The van der Waals surface area contributed by atoms with Gasteiger partial charge in [0.2, 0.25) is 0 Å². The van der Waals surface area contributed by atoms with E-state index in [-0.39, 0.29) is 5.41 Å². The number of benzene rings is 6. The van der Waals surface area contributed by atoms with Gasteiger partial charge in [-0.25, -0.2) is 0 Å². The van der Waals surface area contributed by atoms with Crippen molar-refractivity contribution in [2.24, 2.45) is 0 Å². The maximum Gasteiger partial charge on any atom is 0.0547 e. The van der Waals surface area contributed by atoms with Crippen LogP contribution in [-0.2, 0) is 5.41 Å². The normalized spacial score (nSPS) is 14.1. The molecule has 0 spiro atoms. The van der Waals surface area contributed by atoms with Gasteiger partial charge in [-0.2, -0.15) is 0 Å². The Morgan fingerprint density at radius 3 is 2.14 bits per heavy atom. The fraction of sp³-hybridized carbons (Fsp3) is 0.0857. The summed E-state index contributed by atoms with van der Waals surface area (Å²) < 4.78 is 2.46. The first-order valence-corrected chi connectivity index (χ1v) is 12.7. The first-order chi connectivity index (χ1) is 17.6. The zero-order valence-electron chi connectivity index (χ0n) is 20.4. The average Bonchev–Trinajstić information content (AvgIpc) is 3.38. The first kappa shape index (κ1) is 19.9. The number of hydrogen-bond donors (Lipinski definition) is 0.